The number of hydrogen-bond donors (Lipinski definition) is 0. The predicted octanol–water partition coefficient (Wildman–Crippen LogP) is 18.8. The maximum absolute atomic E-state index is 7.95. The van der Waals surface area contributed by atoms with Gasteiger partial charge in [0, 0.05) is 43.5 Å². The van der Waals surface area contributed by atoms with Crippen molar-refractivity contribution in [3.63, 3.8) is 0 Å². The van der Waals surface area contributed by atoms with Crippen molar-refractivity contribution in [1.82, 2.24) is 9.13 Å². The fourth-order valence-electron chi connectivity index (χ4n) is 16.0. The topological polar surface area (TPSA) is 28.3 Å². The van der Waals surface area contributed by atoms with Gasteiger partial charge in [0.25, 0.3) is 13.4 Å². The zero-order valence-electron chi connectivity index (χ0n) is 53.5. The van der Waals surface area contributed by atoms with Gasteiger partial charge in [-0.25, -0.2) is 0 Å². The van der Waals surface area contributed by atoms with E-state index in [0.29, 0.717) is 23.7 Å². The van der Waals surface area contributed by atoms with E-state index in [2.05, 4.69) is 272 Å². The Morgan fingerprint density at radius 2 is 0.644 bits per heavy atom. The Hall–Kier alpha value is -9.25. The Morgan fingerprint density at radius 1 is 0.322 bits per heavy atom. The molecule has 6 heterocycles. The third-order valence-corrected chi connectivity index (χ3v) is 20.8. The molecule has 17 rings (SSSR count). The predicted molar refractivity (Wildman–Crippen MR) is 384 cm³/mol. The molecule has 0 N–H and O–H groups in total. The molecule has 6 heteroatoms. The molecule has 0 amide bonds. The highest BCUT2D eigenvalue weighted by Gasteiger charge is 2.51. The molecule has 4 nitrogen and oxygen atoms in total. The highest BCUT2D eigenvalue weighted by atomic mass is 16.5. The van der Waals surface area contributed by atoms with Crippen LogP contribution in [-0.2, 0) is 12.8 Å². The van der Waals surface area contributed by atoms with E-state index in [-0.39, 0.29) is 13.4 Å². The van der Waals surface area contributed by atoms with E-state index in [0.717, 1.165) is 82.0 Å². The Bertz CT molecular complexity index is 4810. The second-order valence-electron chi connectivity index (χ2n) is 27.7. The second kappa shape index (κ2) is 20.7. The molecule has 0 spiro atoms. The summed E-state index contributed by atoms with van der Waals surface area (Å²) in [5, 5.41) is 4.92. The van der Waals surface area contributed by atoms with E-state index in [9.17, 15) is 0 Å². The van der Waals surface area contributed by atoms with Crippen LogP contribution >= 0.6 is 0 Å². The summed E-state index contributed by atoms with van der Waals surface area (Å²) in [6, 6.07) is 75.8. The van der Waals surface area contributed by atoms with Gasteiger partial charge in [-0.05, 0) is 185 Å². The van der Waals surface area contributed by atoms with Crippen LogP contribution in [0.5, 0.6) is 23.0 Å². The van der Waals surface area contributed by atoms with Crippen LogP contribution in [0, 0.1) is 0 Å². The number of aromatic nitrogens is 2. The molecule has 2 aromatic heterocycles. The van der Waals surface area contributed by atoms with E-state index in [1.54, 1.807) is 0 Å². The van der Waals surface area contributed by atoms with Gasteiger partial charge in [-0.3, -0.25) is 0 Å². The molecule has 0 bridgehead atoms. The van der Waals surface area contributed by atoms with Crippen molar-refractivity contribution in [1.29, 1.82) is 0 Å². The summed E-state index contributed by atoms with van der Waals surface area (Å²) in [5.41, 5.74) is 31.9. The Labute approximate surface area is 530 Å². The van der Waals surface area contributed by atoms with Crippen molar-refractivity contribution in [2.45, 2.75) is 119 Å². The van der Waals surface area contributed by atoms with Crippen molar-refractivity contribution in [3.8, 4) is 78.9 Å². The molecule has 0 fully saturated rings. The third kappa shape index (κ3) is 8.21. The molecule has 13 aromatic rings. The van der Waals surface area contributed by atoms with Gasteiger partial charge in [-0.1, -0.05) is 228 Å². The van der Waals surface area contributed by atoms with Crippen LogP contribution in [0.25, 0.3) is 99.5 Å². The van der Waals surface area contributed by atoms with Crippen molar-refractivity contribution < 1.29 is 9.47 Å². The molecule has 438 valence electrons. The Morgan fingerprint density at radius 3 is 0.978 bits per heavy atom. The van der Waals surface area contributed by atoms with Crippen molar-refractivity contribution >= 4 is 89.8 Å². The van der Waals surface area contributed by atoms with Gasteiger partial charge in [0.1, 0.15) is 23.0 Å². The summed E-state index contributed by atoms with van der Waals surface area (Å²) in [6.07, 6.45) is 4.06. The fourth-order valence-corrected chi connectivity index (χ4v) is 16.0. The number of fused-ring (bicyclic) bond motifs is 16. The summed E-state index contributed by atoms with van der Waals surface area (Å²) in [5.74, 6) is 5.40. The SMILES string of the molecule is CCCc1ccc2c(c1)B1c3c(c4c5c(c3-n3c6ccc(-c7ccc(C(C)C)cc7)cc6c6cc(-c7ccc(C(C)C)cc7)cc1c63)Oc1ccc(CCC)cc1B5c1cc(-c3ccc(C(C)C)cc3)cc3c5cc(-c6ccc(C(C)C)cc6)ccc5n-4c13)O2. The van der Waals surface area contributed by atoms with Crippen LogP contribution in [0.4, 0.5) is 0 Å². The lowest BCUT2D eigenvalue weighted by molar-refractivity contribution is 0.472. The molecule has 4 aliphatic rings. The lowest BCUT2D eigenvalue weighted by Gasteiger charge is -2.41. The molecule has 0 radical (unpaired) electrons. The van der Waals surface area contributed by atoms with Crippen LogP contribution in [0.3, 0.4) is 0 Å². The Kier molecular flexibility index (Phi) is 12.6. The minimum atomic E-state index is -0.194. The zero-order chi connectivity index (χ0) is 61.1. The first-order valence-electron chi connectivity index (χ1n) is 33.3. The Balaban J connectivity index is 1.03. The van der Waals surface area contributed by atoms with Gasteiger partial charge >= 0.3 is 0 Å². The van der Waals surface area contributed by atoms with Crippen LogP contribution in [0.1, 0.15) is 139 Å². The molecule has 4 aliphatic heterocycles. The number of ether oxygens (including phenoxy) is 2. The number of aryl methyl sites for hydroxylation is 2. The molecular formula is C84H74B2N2O2. The molecule has 0 atom stereocenters. The van der Waals surface area contributed by atoms with E-state index >= 15 is 0 Å². The van der Waals surface area contributed by atoms with Gasteiger partial charge in [0.2, 0.25) is 0 Å². The van der Waals surface area contributed by atoms with Gasteiger partial charge in [-0.2, -0.15) is 0 Å². The van der Waals surface area contributed by atoms with E-state index in [4.69, 9.17) is 9.47 Å². The van der Waals surface area contributed by atoms with Crippen molar-refractivity contribution in [2.75, 3.05) is 0 Å². The van der Waals surface area contributed by atoms with Gasteiger partial charge in [0.05, 0.1) is 22.4 Å². The summed E-state index contributed by atoms with van der Waals surface area (Å²) in [6.45, 7) is 22.4. The lowest BCUT2D eigenvalue weighted by Crippen LogP contribution is -2.63. The van der Waals surface area contributed by atoms with Gasteiger partial charge in [-0.15, -0.1) is 0 Å². The maximum atomic E-state index is 7.95. The first-order valence-corrected chi connectivity index (χ1v) is 33.3. The highest BCUT2D eigenvalue weighted by Crippen LogP contribution is 2.50. The van der Waals surface area contributed by atoms with Gasteiger partial charge < -0.3 is 18.6 Å². The van der Waals surface area contributed by atoms with E-state index in [1.165, 1.54) is 132 Å². The summed E-state index contributed by atoms with van der Waals surface area (Å²) < 4.78 is 21.1. The van der Waals surface area contributed by atoms with Crippen LogP contribution < -0.4 is 42.3 Å². The quantitative estimate of drug-likeness (QED) is 0.114. The maximum Gasteiger partial charge on any atom is 0.256 e. The number of benzene rings is 11. The highest BCUT2D eigenvalue weighted by molar-refractivity contribution is 7.02. The minimum Gasteiger partial charge on any atom is -0.456 e. The molecule has 11 aromatic carbocycles. The summed E-state index contributed by atoms with van der Waals surface area (Å²) in [4.78, 5) is 0. The van der Waals surface area contributed by atoms with Crippen LogP contribution in [-0.4, -0.2) is 22.6 Å². The molecule has 90 heavy (non-hydrogen) atoms. The second-order valence-corrected chi connectivity index (χ2v) is 27.7. The fraction of sp³-hybridized carbons (Fsp3) is 0.214. The third-order valence-electron chi connectivity index (χ3n) is 20.8. The van der Waals surface area contributed by atoms with Crippen molar-refractivity contribution in [2.24, 2.45) is 0 Å². The molecule has 0 aliphatic carbocycles. The lowest BCUT2D eigenvalue weighted by atomic mass is 9.31. The average molecular weight is 1170 g/mol. The molecular weight excluding hydrogens is 1090 g/mol. The minimum absolute atomic E-state index is 0.194. The molecule has 0 saturated heterocycles. The van der Waals surface area contributed by atoms with Crippen LogP contribution in [0.15, 0.2) is 194 Å². The summed E-state index contributed by atoms with van der Waals surface area (Å²) >= 11 is 0. The standard InChI is InChI=1S/C84H74B2N2O2/c1-11-13-51-15-37-75-69(39-51)85-71-45-63(59-29-21-55(22-30-59)49(7)8)43-67-65-41-61(57-25-17-53(18-26-57)47(3)4)33-35-73(65)87(79(67)71)81-77(85)83(89-75)82-78-84(81)90-76-38-16-52(14-12-2)40-70(76)86(78)72-46-64(60-31-23-56(24-32-60)50(9)10)44-68-66-42-62(34-36-74(66)88(82)80(68)72)58-27-19-54(20-28-58)48(5)6/h15-50H,11-14H2,1-10H3. The first-order chi connectivity index (χ1) is 43.8. The van der Waals surface area contributed by atoms with Crippen LogP contribution in [0.2, 0.25) is 0 Å². The average Bonchev–Trinajstić information content (AvgIpc) is 1.45. The summed E-state index contributed by atoms with van der Waals surface area (Å²) in [7, 11) is 0. The number of nitrogens with zero attached hydrogens (tertiary/aromatic N) is 2. The monoisotopic (exact) mass is 1160 g/mol. The van der Waals surface area contributed by atoms with Crippen molar-refractivity contribution in [3.05, 3.63) is 228 Å². The normalized spacial score (nSPS) is 13.3. The number of hydrogen-bond acceptors (Lipinski definition) is 2. The first kappa shape index (κ1) is 54.9. The smallest absolute Gasteiger partial charge is 0.256 e. The number of rotatable bonds is 12. The van der Waals surface area contributed by atoms with E-state index in [1.807, 2.05) is 0 Å². The molecule has 0 saturated carbocycles. The molecule has 0 unspecified atom stereocenters. The zero-order valence-corrected chi connectivity index (χ0v) is 53.5. The van der Waals surface area contributed by atoms with E-state index < -0.39 is 0 Å². The van der Waals surface area contributed by atoms with Gasteiger partial charge in [0.15, 0.2) is 0 Å². The largest absolute Gasteiger partial charge is 0.456 e.